The van der Waals surface area contributed by atoms with E-state index < -0.39 is 20.0 Å². The van der Waals surface area contributed by atoms with E-state index in [-0.39, 0.29) is 18.7 Å². The smallest absolute Gasteiger partial charge is 0.255 e. The van der Waals surface area contributed by atoms with E-state index in [1.807, 2.05) is 19.2 Å². The van der Waals surface area contributed by atoms with Crippen molar-refractivity contribution >= 4 is 53.6 Å². The van der Waals surface area contributed by atoms with Crippen LogP contribution in [-0.2, 0) is 23.3 Å². The molecule has 40 heavy (non-hydrogen) atoms. The lowest BCUT2D eigenvalue weighted by molar-refractivity contribution is -0.137. The molecule has 1 aliphatic rings. The van der Waals surface area contributed by atoms with Crippen LogP contribution >= 0.6 is 11.6 Å². The third kappa shape index (κ3) is 5.75. The number of aryl methyl sites for hydroxylation is 1. The minimum Gasteiger partial charge on any atom is -0.361 e. The van der Waals surface area contributed by atoms with Gasteiger partial charge in [0.1, 0.15) is 29.7 Å². The maximum Gasteiger partial charge on any atom is 0.255 e. The topological polar surface area (TPSA) is 133 Å². The number of hydrogen-bond donors (Lipinski definition) is 2. The van der Waals surface area contributed by atoms with E-state index in [9.17, 15) is 9.59 Å². The fraction of sp³-hybridized carbons (Fsp3) is 0.444. The summed E-state index contributed by atoms with van der Waals surface area (Å²) in [6.45, 7) is 10.4. The summed E-state index contributed by atoms with van der Waals surface area (Å²) < 4.78 is 9.48. The molecule has 11 nitrogen and oxygen atoms in total. The fourth-order valence-corrected chi connectivity index (χ4v) is 5.62. The van der Waals surface area contributed by atoms with E-state index in [0.29, 0.717) is 52.8 Å². The Morgan fingerprint density at radius 3 is 2.73 bits per heavy atom. The van der Waals surface area contributed by atoms with E-state index in [4.69, 9.17) is 27.1 Å². The number of rotatable bonds is 9. The highest BCUT2D eigenvalue weighted by Crippen LogP contribution is 2.30. The van der Waals surface area contributed by atoms with Crippen LogP contribution in [0.25, 0.3) is 33.5 Å². The summed E-state index contributed by atoms with van der Waals surface area (Å²) in [4.78, 5) is 37.4. The molecule has 0 radical (unpaired) electrons. The summed E-state index contributed by atoms with van der Waals surface area (Å²) in [5.41, 5.74) is 9.05. The zero-order chi connectivity index (χ0) is 28.8. The summed E-state index contributed by atoms with van der Waals surface area (Å²) >= 11 is 6.20. The molecule has 13 heteroatoms. The number of nitrogens with two attached hydrogens (primary N) is 1. The average molecular weight is 583 g/mol. The quantitative estimate of drug-likeness (QED) is 0.229. The third-order valence-corrected chi connectivity index (χ3v) is 8.97. The van der Waals surface area contributed by atoms with Gasteiger partial charge in [0.05, 0.1) is 17.3 Å². The Kier molecular flexibility index (Phi) is 7.70. The van der Waals surface area contributed by atoms with Crippen molar-refractivity contribution in [2.75, 3.05) is 19.7 Å². The molecule has 3 N–H and O–H groups in total. The Labute approximate surface area is 238 Å². The third-order valence-electron chi connectivity index (χ3n) is 7.03. The van der Waals surface area contributed by atoms with Crippen molar-refractivity contribution < 1.29 is 14.3 Å². The second-order valence-corrected chi connectivity index (χ2v) is 17.7. The van der Waals surface area contributed by atoms with Crippen molar-refractivity contribution in [3.05, 3.63) is 41.2 Å². The number of carbonyl (C=O) groups is 2. The van der Waals surface area contributed by atoms with Crippen LogP contribution in [0.15, 0.2) is 30.6 Å². The van der Waals surface area contributed by atoms with Gasteiger partial charge in [0.15, 0.2) is 5.65 Å². The molecule has 0 saturated carbocycles. The first-order chi connectivity index (χ1) is 18.9. The molecule has 5 rings (SSSR count). The number of amides is 2. The number of benzene rings is 1. The first kappa shape index (κ1) is 28.2. The van der Waals surface area contributed by atoms with Gasteiger partial charge in [0, 0.05) is 57.5 Å². The maximum atomic E-state index is 13.5. The van der Waals surface area contributed by atoms with E-state index in [1.165, 1.54) is 0 Å². The number of hydrogen-bond acceptors (Lipinski definition) is 7. The number of aromatic nitrogens is 5. The zero-order valence-corrected chi connectivity index (χ0v) is 25.2. The van der Waals surface area contributed by atoms with Crippen molar-refractivity contribution in [2.45, 2.75) is 51.4 Å². The lowest BCUT2D eigenvalue weighted by Crippen LogP contribution is -2.61. The van der Waals surface area contributed by atoms with Crippen LogP contribution in [0.5, 0.6) is 0 Å². The largest absolute Gasteiger partial charge is 0.361 e. The van der Waals surface area contributed by atoms with Crippen molar-refractivity contribution in [1.29, 1.82) is 0 Å². The number of nitrogens with zero attached hydrogens (tertiary/aromatic N) is 6. The van der Waals surface area contributed by atoms with Gasteiger partial charge in [-0.1, -0.05) is 31.2 Å². The summed E-state index contributed by atoms with van der Waals surface area (Å²) in [7, 11) is 0.578. The molecular weight excluding hydrogens is 548 g/mol. The molecule has 4 heterocycles. The lowest BCUT2D eigenvalue weighted by Gasteiger charge is -2.38. The van der Waals surface area contributed by atoms with E-state index >= 15 is 0 Å². The molecule has 0 bridgehead atoms. The Bertz CT molecular complexity index is 1590. The van der Waals surface area contributed by atoms with Gasteiger partial charge in [-0.3, -0.25) is 14.3 Å². The van der Waals surface area contributed by atoms with Gasteiger partial charge >= 0.3 is 0 Å². The summed E-state index contributed by atoms with van der Waals surface area (Å²) in [6.07, 6.45) is 3.34. The van der Waals surface area contributed by atoms with Crippen LogP contribution in [-0.4, -0.2) is 80.9 Å². The van der Waals surface area contributed by atoms with Gasteiger partial charge in [0.2, 0.25) is 5.91 Å². The van der Waals surface area contributed by atoms with Crippen LogP contribution in [0.2, 0.25) is 30.7 Å². The minimum absolute atomic E-state index is 0.0156. The van der Waals surface area contributed by atoms with Crippen molar-refractivity contribution in [1.82, 2.24) is 34.5 Å². The van der Waals surface area contributed by atoms with Crippen molar-refractivity contribution in [3.8, 4) is 11.4 Å². The number of fused-ring (bicyclic) bond motifs is 2. The normalized spacial score (nSPS) is 15.0. The van der Waals surface area contributed by atoms with Crippen molar-refractivity contribution in [3.63, 3.8) is 0 Å². The highest BCUT2D eigenvalue weighted by molar-refractivity contribution is 6.76. The molecule has 2 amide bonds. The molecule has 0 spiro atoms. The summed E-state index contributed by atoms with van der Waals surface area (Å²) in [5.74, 6) is -0.584. The number of ether oxygens (including phenoxy) is 1. The predicted octanol–water partition coefficient (Wildman–Crippen LogP) is 3.24. The van der Waals surface area contributed by atoms with Crippen LogP contribution < -0.4 is 11.1 Å². The van der Waals surface area contributed by atoms with Gasteiger partial charge in [-0.2, -0.15) is 5.10 Å². The first-order valence-corrected chi connectivity index (χ1v) is 17.4. The zero-order valence-electron chi connectivity index (χ0n) is 23.4. The van der Waals surface area contributed by atoms with E-state index in [2.05, 4.69) is 35.0 Å². The molecule has 0 unspecified atom stereocenters. The molecule has 1 fully saturated rings. The summed E-state index contributed by atoms with van der Waals surface area (Å²) in [6, 6.07) is 5.83. The standard InChI is InChI=1S/C27H35ClN8O3Si/c1-16(27(38)35-12-18(29)13-35)31-26(37)20-14-36(15-39-8-9-40(3,4)5)25-24(20)32-21(11-30-25)23-19-7-6-17(28)10-22(19)34(2)33-23/h6-7,10-11,14,16,18H,8-9,12-13,15,29H2,1-5H3,(H,31,37)/t16-/m1/s1. The van der Waals surface area contributed by atoms with Crippen LogP contribution in [0.4, 0.5) is 0 Å². The predicted molar refractivity (Wildman–Crippen MR) is 158 cm³/mol. The molecule has 1 aromatic carbocycles. The Balaban J connectivity index is 1.48. The SMILES string of the molecule is C[C@@H](NC(=O)c1cn(COCC[Si](C)(C)C)c2ncc(-c3nn(C)c4cc(Cl)ccc34)nc12)C(=O)N1CC(N)C1. The van der Waals surface area contributed by atoms with Crippen LogP contribution in [0.1, 0.15) is 17.3 Å². The second-order valence-electron chi connectivity index (χ2n) is 11.6. The maximum absolute atomic E-state index is 13.5. The van der Waals surface area contributed by atoms with Crippen LogP contribution in [0.3, 0.4) is 0 Å². The van der Waals surface area contributed by atoms with Crippen molar-refractivity contribution in [2.24, 2.45) is 12.8 Å². The molecule has 212 valence electrons. The number of carbonyl (C=O) groups excluding carboxylic acids is 2. The molecule has 3 aromatic heterocycles. The van der Waals surface area contributed by atoms with E-state index in [0.717, 1.165) is 16.9 Å². The molecule has 4 aromatic rings. The fourth-order valence-electron chi connectivity index (χ4n) is 4.69. The molecule has 1 aliphatic heterocycles. The number of nitrogens with one attached hydrogen (secondary N) is 1. The van der Waals surface area contributed by atoms with Gasteiger partial charge in [-0.15, -0.1) is 0 Å². The minimum atomic E-state index is -1.26. The second kappa shape index (κ2) is 10.9. The highest BCUT2D eigenvalue weighted by atomic mass is 35.5. The molecule has 1 atom stereocenters. The first-order valence-electron chi connectivity index (χ1n) is 13.3. The Morgan fingerprint density at radius 1 is 1.27 bits per heavy atom. The lowest BCUT2D eigenvalue weighted by atomic mass is 10.1. The molecule has 0 aliphatic carbocycles. The van der Waals surface area contributed by atoms with Gasteiger partial charge in [-0.25, -0.2) is 9.97 Å². The van der Waals surface area contributed by atoms with E-state index in [1.54, 1.807) is 39.5 Å². The highest BCUT2D eigenvalue weighted by Gasteiger charge is 2.32. The average Bonchev–Trinajstić information content (AvgIpc) is 3.40. The summed E-state index contributed by atoms with van der Waals surface area (Å²) in [5, 5.41) is 8.96. The van der Waals surface area contributed by atoms with Crippen LogP contribution in [0, 0.1) is 0 Å². The van der Waals surface area contributed by atoms with Gasteiger partial charge in [-0.05, 0) is 31.2 Å². The number of halogens is 1. The number of likely N-dealkylation sites (tertiary alicyclic amines) is 1. The van der Waals surface area contributed by atoms with Gasteiger partial charge < -0.3 is 25.3 Å². The molecular formula is C27H35ClN8O3Si. The molecule has 1 saturated heterocycles. The monoisotopic (exact) mass is 582 g/mol. The Morgan fingerprint density at radius 2 is 2.02 bits per heavy atom. The van der Waals surface area contributed by atoms with Gasteiger partial charge in [0.25, 0.3) is 5.91 Å². The Hall–Kier alpha value is -3.32.